The van der Waals surface area contributed by atoms with Crippen LogP contribution in [0.4, 0.5) is 4.79 Å². The van der Waals surface area contributed by atoms with E-state index in [0.717, 1.165) is 4.90 Å². The number of nitrogens with zero attached hydrogens (tertiary/aromatic N) is 1. The third-order valence-electron chi connectivity index (χ3n) is 4.78. The number of carboxylic acid groups (broad SMARTS) is 2. The highest BCUT2D eigenvalue weighted by molar-refractivity contribution is 8.00. The maximum Gasteiger partial charge on any atom is 0.407 e. The molecule has 14 heteroatoms. The van der Waals surface area contributed by atoms with Crippen molar-refractivity contribution < 1.29 is 48.5 Å². The number of fused-ring (bicyclic) bond motifs is 1. The van der Waals surface area contributed by atoms with Crippen LogP contribution in [-0.2, 0) is 33.4 Å². The third kappa shape index (κ3) is 6.60. The molecule has 4 N–H and O–H groups in total. The van der Waals surface area contributed by atoms with Crippen LogP contribution in [0.15, 0.2) is 11.3 Å². The molecule has 1 saturated heterocycles. The Morgan fingerprint density at radius 3 is 2.48 bits per heavy atom. The molecule has 1 fully saturated rings. The van der Waals surface area contributed by atoms with Crippen molar-refractivity contribution in [3.63, 3.8) is 0 Å². The van der Waals surface area contributed by atoms with Crippen molar-refractivity contribution in [2.75, 3.05) is 19.0 Å². The van der Waals surface area contributed by atoms with E-state index in [4.69, 9.17) is 9.84 Å². The van der Waals surface area contributed by atoms with E-state index in [2.05, 4.69) is 15.4 Å². The number of carboxylic acids is 2. The Kier molecular flexibility index (Phi) is 9.08. The van der Waals surface area contributed by atoms with Crippen LogP contribution in [0.25, 0.3) is 0 Å². The number of carbonyl (C=O) groups excluding carboxylic acids is 4. The summed E-state index contributed by atoms with van der Waals surface area (Å²) in [6, 6.07) is -2.16. The van der Waals surface area contributed by atoms with Crippen molar-refractivity contribution in [2.24, 2.45) is 0 Å². The highest BCUT2D eigenvalue weighted by Gasteiger charge is 2.54. The molecule has 0 aromatic rings. The predicted molar refractivity (Wildman–Crippen MR) is 112 cm³/mol. The molecule has 0 aromatic carbocycles. The molecule has 2 aliphatic heterocycles. The molecule has 2 unspecified atom stereocenters. The van der Waals surface area contributed by atoms with E-state index in [1.54, 1.807) is 6.92 Å². The lowest BCUT2D eigenvalue weighted by Crippen LogP contribution is -2.70. The van der Waals surface area contributed by atoms with E-state index >= 15 is 0 Å². The van der Waals surface area contributed by atoms with Crippen LogP contribution in [0.5, 0.6) is 0 Å². The number of β-lactam (4-membered cyclic amide) rings is 1. The molecule has 2 aliphatic rings. The average molecular weight is 487 g/mol. The number of nitrogens with one attached hydrogen (secondary N) is 2. The van der Waals surface area contributed by atoms with Gasteiger partial charge in [0.2, 0.25) is 5.91 Å². The summed E-state index contributed by atoms with van der Waals surface area (Å²) < 4.78 is 9.50. The smallest absolute Gasteiger partial charge is 0.407 e. The lowest BCUT2D eigenvalue weighted by Gasteiger charge is -2.49. The quantitative estimate of drug-likeness (QED) is 0.220. The number of alkyl carbamates (subject to hydrolysis) is 1. The first-order chi connectivity index (χ1) is 15.6. The van der Waals surface area contributed by atoms with E-state index < -0.39 is 53.3 Å². The number of ether oxygens (including phenoxy) is 2. The van der Waals surface area contributed by atoms with Gasteiger partial charge in [0.15, 0.2) is 0 Å². The Balaban J connectivity index is 1.90. The summed E-state index contributed by atoms with van der Waals surface area (Å²) in [5.74, 6) is -4.11. The number of carbonyl (C=O) groups is 6. The number of rotatable bonds is 11. The minimum absolute atomic E-state index is 0.0319. The van der Waals surface area contributed by atoms with Crippen molar-refractivity contribution >= 4 is 47.6 Å². The molecule has 0 radical (unpaired) electrons. The lowest BCUT2D eigenvalue weighted by atomic mass is 10.0. The van der Waals surface area contributed by atoms with Gasteiger partial charge in [-0.3, -0.25) is 19.3 Å². The molecular weight excluding hydrogens is 462 g/mol. The van der Waals surface area contributed by atoms with Crippen molar-refractivity contribution in [1.29, 1.82) is 0 Å². The van der Waals surface area contributed by atoms with Gasteiger partial charge in [-0.15, -0.1) is 11.8 Å². The van der Waals surface area contributed by atoms with Crippen LogP contribution in [0.3, 0.4) is 0 Å². The second-order valence-corrected chi connectivity index (χ2v) is 8.25. The first kappa shape index (κ1) is 26.0. The highest BCUT2D eigenvalue weighted by Crippen LogP contribution is 2.40. The summed E-state index contributed by atoms with van der Waals surface area (Å²) >= 11 is 1.23. The van der Waals surface area contributed by atoms with Crippen LogP contribution in [0.1, 0.15) is 33.1 Å². The molecule has 182 valence electrons. The Morgan fingerprint density at radius 1 is 1.21 bits per heavy atom. The molecular formula is C19H25N3O10S. The van der Waals surface area contributed by atoms with Gasteiger partial charge >= 0.3 is 24.0 Å². The van der Waals surface area contributed by atoms with Crippen LogP contribution in [0, 0.1) is 0 Å². The number of esters is 1. The van der Waals surface area contributed by atoms with E-state index in [1.807, 2.05) is 0 Å². The Bertz CT molecular complexity index is 874. The first-order valence-corrected chi connectivity index (χ1v) is 11.1. The number of hydrogen-bond donors (Lipinski definition) is 4. The Hall–Kier alpha value is -3.29. The Morgan fingerprint density at radius 2 is 1.91 bits per heavy atom. The maximum absolute atomic E-state index is 12.5. The van der Waals surface area contributed by atoms with Gasteiger partial charge in [0.1, 0.15) is 29.8 Å². The minimum atomic E-state index is -1.34. The summed E-state index contributed by atoms with van der Waals surface area (Å²) in [6.07, 6.45) is -0.894. The van der Waals surface area contributed by atoms with Gasteiger partial charge in [0.05, 0.1) is 6.61 Å². The fourth-order valence-electron chi connectivity index (χ4n) is 3.27. The summed E-state index contributed by atoms with van der Waals surface area (Å²) in [6.45, 7) is 2.59. The molecule has 0 bridgehead atoms. The number of aliphatic carboxylic acids is 2. The number of amides is 3. The highest BCUT2D eigenvalue weighted by atomic mass is 32.2. The number of thioether (sulfide) groups is 1. The fourth-order valence-corrected chi connectivity index (χ4v) is 4.60. The van der Waals surface area contributed by atoms with E-state index in [1.165, 1.54) is 18.7 Å². The topological polar surface area (TPSA) is 189 Å². The standard InChI is InChI=1S/C19H25N3O10S/c1-3-31-19(30)20-11(17(26)27)5-4-6-12(24)21-13-15(25)22-14(18(28)29)10(7-32-9(2)23)8-33-16(13)22/h11,13,16H,3-8H2,1-2H3,(H,20,30)(H,21,24)(H,26,27)(H,28,29)/t11?,13?,16-/m0/s1. The van der Waals surface area contributed by atoms with Crippen LogP contribution in [-0.4, -0.2) is 87.4 Å². The normalized spacial score (nSPS) is 20.2. The molecule has 0 aromatic heterocycles. The van der Waals surface area contributed by atoms with Gasteiger partial charge in [0.25, 0.3) is 5.91 Å². The molecule has 13 nitrogen and oxygen atoms in total. The molecule has 0 saturated carbocycles. The fraction of sp³-hybridized carbons (Fsp3) is 0.579. The molecule has 3 amide bonds. The molecule has 0 spiro atoms. The van der Waals surface area contributed by atoms with E-state index in [9.17, 15) is 33.9 Å². The Labute approximate surface area is 192 Å². The zero-order valence-electron chi connectivity index (χ0n) is 18.0. The zero-order valence-corrected chi connectivity index (χ0v) is 18.8. The van der Waals surface area contributed by atoms with Gasteiger partial charge in [-0.1, -0.05) is 0 Å². The van der Waals surface area contributed by atoms with Crippen molar-refractivity contribution in [1.82, 2.24) is 15.5 Å². The van der Waals surface area contributed by atoms with Gasteiger partial charge in [-0.2, -0.15) is 0 Å². The van der Waals surface area contributed by atoms with E-state index in [-0.39, 0.29) is 49.5 Å². The molecule has 3 atom stereocenters. The molecule has 33 heavy (non-hydrogen) atoms. The summed E-state index contributed by atoms with van der Waals surface area (Å²) in [5, 5.41) is 22.8. The minimum Gasteiger partial charge on any atom is -0.480 e. The van der Waals surface area contributed by atoms with Gasteiger partial charge in [-0.05, 0) is 19.8 Å². The third-order valence-corrected chi connectivity index (χ3v) is 6.12. The summed E-state index contributed by atoms with van der Waals surface area (Å²) in [4.78, 5) is 71.2. The van der Waals surface area contributed by atoms with Crippen LogP contribution in [0.2, 0.25) is 0 Å². The average Bonchev–Trinajstić information content (AvgIpc) is 2.74. The first-order valence-electron chi connectivity index (χ1n) is 10.1. The summed E-state index contributed by atoms with van der Waals surface area (Å²) in [5.41, 5.74) is 0.0238. The molecule has 2 rings (SSSR count). The largest absolute Gasteiger partial charge is 0.480 e. The van der Waals surface area contributed by atoms with Crippen molar-refractivity contribution in [3.8, 4) is 0 Å². The van der Waals surface area contributed by atoms with E-state index in [0.29, 0.717) is 0 Å². The van der Waals surface area contributed by atoms with Gasteiger partial charge < -0.3 is 30.3 Å². The molecule has 0 aliphatic carbocycles. The van der Waals surface area contributed by atoms with Gasteiger partial charge in [0, 0.05) is 24.7 Å². The second kappa shape index (κ2) is 11.5. The maximum atomic E-state index is 12.5. The second-order valence-electron chi connectivity index (χ2n) is 7.14. The number of hydrogen-bond acceptors (Lipinski definition) is 9. The predicted octanol–water partition coefficient (Wildman–Crippen LogP) is -0.342. The monoisotopic (exact) mass is 487 g/mol. The lowest BCUT2D eigenvalue weighted by molar-refractivity contribution is -0.151. The van der Waals surface area contributed by atoms with Crippen molar-refractivity contribution in [2.45, 2.75) is 50.6 Å². The zero-order chi connectivity index (χ0) is 24.7. The summed E-state index contributed by atoms with van der Waals surface area (Å²) in [7, 11) is 0. The van der Waals surface area contributed by atoms with Crippen molar-refractivity contribution in [3.05, 3.63) is 11.3 Å². The van der Waals surface area contributed by atoms with Crippen LogP contribution >= 0.6 is 11.8 Å². The van der Waals surface area contributed by atoms with Gasteiger partial charge in [-0.25, -0.2) is 14.4 Å². The molecule has 2 heterocycles. The SMILES string of the molecule is CCOC(=O)NC(CCCC(=O)NC1C(=O)N2C(C(=O)O)=C(COC(C)=O)CS[C@@H]12)C(=O)O. The van der Waals surface area contributed by atoms with Crippen LogP contribution < -0.4 is 10.6 Å².